The van der Waals surface area contributed by atoms with Gasteiger partial charge in [0, 0.05) is 31.2 Å². The number of fused-ring (bicyclic) bond motifs is 1. The second-order valence-electron chi connectivity index (χ2n) is 9.72. The van der Waals surface area contributed by atoms with E-state index in [0.717, 1.165) is 6.07 Å². The molecule has 3 aromatic carbocycles. The number of nitriles is 2. The molecule has 0 fully saturated rings. The van der Waals surface area contributed by atoms with Crippen molar-refractivity contribution in [3.05, 3.63) is 112 Å². The van der Waals surface area contributed by atoms with Crippen molar-refractivity contribution in [2.45, 2.75) is 19.6 Å². The van der Waals surface area contributed by atoms with Gasteiger partial charge >= 0.3 is 5.97 Å². The average Bonchev–Trinajstić information content (AvgIpc) is 3.39. The lowest BCUT2D eigenvalue weighted by atomic mass is 10.0. The minimum atomic E-state index is -0.615. The summed E-state index contributed by atoms with van der Waals surface area (Å²) < 4.78 is 47.5. The van der Waals surface area contributed by atoms with E-state index in [2.05, 4.69) is 9.97 Å². The topological polar surface area (TPSA) is 123 Å². The van der Waals surface area contributed by atoms with Gasteiger partial charge < -0.3 is 18.8 Å². The smallest absolute Gasteiger partial charge is 0.337 e. The summed E-state index contributed by atoms with van der Waals surface area (Å²) in [6.07, 6.45) is 0.170. The number of carbonyl (C=O) groups excluding carboxylic acids is 1. The lowest BCUT2D eigenvalue weighted by Gasteiger charge is -2.12. The van der Waals surface area contributed by atoms with E-state index in [1.807, 2.05) is 16.7 Å². The molecule has 9 nitrogen and oxygen atoms in total. The molecule has 11 heteroatoms. The fraction of sp³-hybridized carbons (Fsp3) is 0.182. The van der Waals surface area contributed by atoms with Crippen molar-refractivity contribution in [1.82, 2.24) is 14.5 Å². The Labute approximate surface area is 251 Å². The number of aromatic nitrogens is 3. The zero-order valence-electron chi connectivity index (χ0n) is 23.8. The van der Waals surface area contributed by atoms with Gasteiger partial charge in [-0.1, -0.05) is 18.2 Å². The fourth-order valence-corrected chi connectivity index (χ4v) is 4.68. The number of methoxy groups -OCH3 is 2. The second kappa shape index (κ2) is 13.1. The van der Waals surface area contributed by atoms with E-state index in [0.29, 0.717) is 52.4 Å². The van der Waals surface area contributed by atoms with Crippen LogP contribution in [0.3, 0.4) is 0 Å². The summed E-state index contributed by atoms with van der Waals surface area (Å²) in [6.45, 7) is 0.604. The number of pyridine rings is 1. The summed E-state index contributed by atoms with van der Waals surface area (Å²) in [5.74, 6) is -1.02. The fourth-order valence-electron chi connectivity index (χ4n) is 4.68. The molecule has 0 atom stereocenters. The quantitative estimate of drug-likeness (QED) is 0.188. The number of hydrogen-bond acceptors (Lipinski definition) is 8. The normalized spacial score (nSPS) is 10.8. The number of nitrogens with zero attached hydrogens (tertiary/aromatic N) is 5. The Bertz CT molecular complexity index is 1960. The maximum absolute atomic E-state index is 15.5. The van der Waals surface area contributed by atoms with Crippen LogP contribution in [0.5, 0.6) is 5.88 Å². The van der Waals surface area contributed by atoms with Crippen LogP contribution in [0.25, 0.3) is 22.3 Å². The van der Waals surface area contributed by atoms with E-state index in [9.17, 15) is 14.4 Å². The van der Waals surface area contributed by atoms with Gasteiger partial charge in [-0.25, -0.2) is 23.5 Å². The molecule has 2 aromatic heterocycles. The van der Waals surface area contributed by atoms with Crippen LogP contribution < -0.4 is 4.74 Å². The van der Waals surface area contributed by atoms with Crippen LogP contribution in [0, 0.1) is 34.3 Å². The van der Waals surface area contributed by atoms with E-state index in [-0.39, 0.29) is 35.6 Å². The highest BCUT2D eigenvalue weighted by molar-refractivity contribution is 5.93. The third-order valence-electron chi connectivity index (χ3n) is 6.99. The van der Waals surface area contributed by atoms with Crippen LogP contribution >= 0.6 is 0 Å². The predicted molar refractivity (Wildman–Crippen MR) is 156 cm³/mol. The highest BCUT2D eigenvalue weighted by Gasteiger charge is 2.17. The highest BCUT2D eigenvalue weighted by atomic mass is 19.1. The Morgan fingerprint density at radius 2 is 1.70 bits per heavy atom. The maximum atomic E-state index is 15.5. The van der Waals surface area contributed by atoms with Crippen molar-refractivity contribution < 1.29 is 27.8 Å². The van der Waals surface area contributed by atoms with Crippen molar-refractivity contribution in [2.75, 3.05) is 20.8 Å². The van der Waals surface area contributed by atoms with Crippen molar-refractivity contribution >= 4 is 17.0 Å². The molecule has 0 N–H and O–H groups in total. The van der Waals surface area contributed by atoms with E-state index < -0.39 is 17.6 Å². The number of imidazole rings is 1. The van der Waals surface area contributed by atoms with Crippen molar-refractivity contribution in [3.8, 4) is 29.3 Å². The van der Waals surface area contributed by atoms with Crippen LogP contribution in [0.4, 0.5) is 8.78 Å². The molecule has 0 aliphatic carbocycles. The van der Waals surface area contributed by atoms with E-state index in [1.165, 1.54) is 31.4 Å². The first kappa shape index (κ1) is 29.8. The lowest BCUT2D eigenvalue weighted by Crippen LogP contribution is -2.10. The number of benzene rings is 3. The van der Waals surface area contributed by atoms with Crippen molar-refractivity contribution in [2.24, 2.45) is 0 Å². The van der Waals surface area contributed by atoms with Gasteiger partial charge in [-0.05, 0) is 54.1 Å². The molecule has 5 aromatic rings. The number of carbonyl (C=O) groups is 1. The molecule has 0 saturated heterocycles. The van der Waals surface area contributed by atoms with Crippen LogP contribution in [0.1, 0.15) is 38.4 Å². The number of ether oxygens (including phenoxy) is 3. The summed E-state index contributed by atoms with van der Waals surface area (Å²) >= 11 is 0. The Balaban J connectivity index is 1.41. The van der Waals surface area contributed by atoms with Gasteiger partial charge in [0.2, 0.25) is 5.88 Å². The zero-order chi connectivity index (χ0) is 31.2. The molecule has 0 saturated carbocycles. The van der Waals surface area contributed by atoms with E-state index >= 15 is 4.39 Å². The zero-order valence-corrected chi connectivity index (χ0v) is 23.8. The Morgan fingerprint density at radius 3 is 2.41 bits per heavy atom. The number of halogens is 2. The van der Waals surface area contributed by atoms with Gasteiger partial charge in [-0.15, -0.1) is 0 Å². The molecule has 0 amide bonds. The molecule has 0 spiro atoms. The van der Waals surface area contributed by atoms with Gasteiger partial charge in [-0.3, -0.25) is 0 Å². The van der Waals surface area contributed by atoms with Crippen LogP contribution in [-0.2, 0) is 29.0 Å². The molecule has 5 rings (SSSR count). The molecular weight excluding hydrogens is 568 g/mol. The van der Waals surface area contributed by atoms with Gasteiger partial charge in [0.1, 0.15) is 35.7 Å². The Kier molecular flexibility index (Phi) is 8.89. The van der Waals surface area contributed by atoms with Gasteiger partial charge in [0.25, 0.3) is 0 Å². The van der Waals surface area contributed by atoms with Crippen LogP contribution in [0.2, 0.25) is 0 Å². The van der Waals surface area contributed by atoms with Crippen molar-refractivity contribution in [1.29, 1.82) is 10.5 Å². The summed E-state index contributed by atoms with van der Waals surface area (Å²) in [7, 11) is 2.89. The van der Waals surface area contributed by atoms with E-state index in [4.69, 9.17) is 19.5 Å². The number of hydrogen-bond donors (Lipinski definition) is 0. The molecule has 220 valence electrons. The monoisotopic (exact) mass is 593 g/mol. The summed E-state index contributed by atoms with van der Waals surface area (Å²) in [5.41, 5.74) is 3.41. The molecule has 0 aliphatic heterocycles. The van der Waals surface area contributed by atoms with E-state index in [1.54, 1.807) is 43.5 Å². The highest BCUT2D eigenvalue weighted by Crippen LogP contribution is 2.27. The molecule has 44 heavy (non-hydrogen) atoms. The number of esters is 1. The SMILES string of the molecule is COCCn1c(Cc2ccc(-c3ccc(C#N)c(OCc4ccc(C#N)cc4F)n3)cc2F)nc2ccc(C(=O)OC)cc21. The van der Waals surface area contributed by atoms with Crippen LogP contribution in [-0.4, -0.2) is 41.3 Å². The molecule has 2 heterocycles. The van der Waals surface area contributed by atoms with Gasteiger partial charge in [-0.2, -0.15) is 10.5 Å². The molecule has 0 bridgehead atoms. The Hall–Kier alpha value is -5.65. The second-order valence-corrected chi connectivity index (χ2v) is 9.72. The standard InChI is InChI=1S/C33H25F2N5O4/c1-42-12-11-40-30-15-23(33(41)43-2)7-10-29(30)38-31(40)16-21-5-6-22(14-27(21)35)28-9-8-24(18-37)32(39-28)44-19-25-4-3-20(17-36)13-26(25)34/h3-10,13-15H,11-12,16,19H2,1-2H3. The molecule has 0 aliphatic rings. The van der Waals surface area contributed by atoms with Gasteiger partial charge in [0.15, 0.2) is 0 Å². The molecular formula is C33H25F2N5O4. The molecule has 0 radical (unpaired) electrons. The first-order chi connectivity index (χ1) is 21.3. The predicted octanol–water partition coefficient (Wildman–Crippen LogP) is 5.72. The third kappa shape index (κ3) is 6.24. The lowest BCUT2D eigenvalue weighted by molar-refractivity contribution is 0.0601. The largest absolute Gasteiger partial charge is 0.472 e. The van der Waals surface area contributed by atoms with Gasteiger partial charge in [0.05, 0.1) is 47.6 Å². The Morgan fingerprint density at radius 1 is 0.909 bits per heavy atom. The molecule has 0 unspecified atom stereocenters. The minimum absolute atomic E-state index is 0.0311. The average molecular weight is 594 g/mol. The first-order valence-electron chi connectivity index (χ1n) is 13.4. The summed E-state index contributed by atoms with van der Waals surface area (Å²) in [6, 6.07) is 20.7. The van der Waals surface area contributed by atoms with Crippen molar-refractivity contribution in [3.63, 3.8) is 0 Å². The third-order valence-corrected chi connectivity index (χ3v) is 6.99. The minimum Gasteiger partial charge on any atom is -0.472 e. The van der Waals surface area contributed by atoms with Crippen LogP contribution in [0.15, 0.2) is 66.7 Å². The first-order valence-corrected chi connectivity index (χ1v) is 13.4. The summed E-state index contributed by atoms with van der Waals surface area (Å²) in [4.78, 5) is 21.2. The maximum Gasteiger partial charge on any atom is 0.337 e. The number of rotatable bonds is 10. The summed E-state index contributed by atoms with van der Waals surface area (Å²) in [5, 5.41) is 18.5.